The molecule has 1 aromatic rings. The third-order valence-electron chi connectivity index (χ3n) is 2.77. The SMILES string of the molecule is CCC(CC)(CCl)NC(=O)c1ccoc1. The first-order valence-electron chi connectivity index (χ1n) is 5.08. The monoisotopic (exact) mass is 229 g/mol. The highest BCUT2D eigenvalue weighted by atomic mass is 35.5. The second-order valence-electron chi connectivity index (χ2n) is 3.59. The Balaban J connectivity index is 2.71. The summed E-state index contributed by atoms with van der Waals surface area (Å²) in [6.45, 7) is 4.03. The molecule has 1 aromatic heterocycles. The van der Waals surface area contributed by atoms with Gasteiger partial charge < -0.3 is 9.73 Å². The molecule has 3 nitrogen and oxygen atoms in total. The Morgan fingerprint density at radius 2 is 2.20 bits per heavy atom. The van der Waals surface area contributed by atoms with E-state index < -0.39 is 0 Å². The smallest absolute Gasteiger partial charge is 0.255 e. The normalized spacial score (nSPS) is 11.4. The summed E-state index contributed by atoms with van der Waals surface area (Å²) in [5, 5.41) is 2.95. The zero-order chi connectivity index (χ0) is 11.3. The van der Waals surface area contributed by atoms with Crippen LogP contribution in [0.25, 0.3) is 0 Å². The van der Waals surface area contributed by atoms with Crippen LogP contribution in [0.15, 0.2) is 23.0 Å². The maximum absolute atomic E-state index is 11.8. The summed E-state index contributed by atoms with van der Waals surface area (Å²) in [4.78, 5) is 11.8. The molecule has 0 spiro atoms. The molecular formula is C11H16ClNO2. The summed E-state index contributed by atoms with van der Waals surface area (Å²) in [5.41, 5.74) is 0.224. The van der Waals surface area contributed by atoms with Crippen molar-refractivity contribution in [2.75, 3.05) is 5.88 Å². The van der Waals surface area contributed by atoms with Gasteiger partial charge in [0.15, 0.2) is 0 Å². The van der Waals surface area contributed by atoms with Gasteiger partial charge in [-0.3, -0.25) is 4.79 Å². The van der Waals surface area contributed by atoms with Crippen molar-refractivity contribution in [3.8, 4) is 0 Å². The maximum Gasteiger partial charge on any atom is 0.255 e. The molecule has 0 aromatic carbocycles. The molecule has 0 saturated carbocycles. The van der Waals surface area contributed by atoms with E-state index in [1.165, 1.54) is 12.5 Å². The lowest BCUT2D eigenvalue weighted by Crippen LogP contribution is -2.49. The van der Waals surface area contributed by atoms with E-state index in [1.54, 1.807) is 6.07 Å². The van der Waals surface area contributed by atoms with Crippen LogP contribution in [0, 0.1) is 0 Å². The van der Waals surface area contributed by atoms with Crippen LogP contribution in [0.1, 0.15) is 37.0 Å². The van der Waals surface area contributed by atoms with Crippen molar-refractivity contribution in [1.82, 2.24) is 5.32 Å². The highest BCUT2D eigenvalue weighted by Gasteiger charge is 2.27. The molecule has 0 atom stereocenters. The molecule has 84 valence electrons. The lowest BCUT2D eigenvalue weighted by atomic mass is 9.95. The molecule has 1 rings (SSSR count). The molecule has 0 aliphatic carbocycles. The second-order valence-corrected chi connectivity index (χ2v) is 3.85. The van der Waals surface area contributed by atoms with Gasteiger partial charge in [-0.25, -0.2) is 0 Å². The minimum Gasteiger partial charge on any atom is -0.472 e. The molecule has 0 radical (unpaired) electrons. The molecule has 0 unspecified atom stereocenters. The molecule has 1 N–H and O–H groups in total. The average molecular weight is 230 g/mol. The van der Waals surface area contributed by atoms with Crippen molar-refractivity contribution in [1.29, 1.82) is 0 Å². The van der Waals surface area contributed by atoms with Crippen molar-refractivity contribution < 1.29 is 9.21 Å². The zero-order valence-electron chi connectivity index (χ0n) is 9.05. The van der Waals surface area contributed by atoms with Crippen LogP contribution in [0.3, 0.4) is 0 Å². The number of hydrogen-bond acceptors (Lipinski definition) is 2. The van der Waals surface area contributed by atoms with Gasteiger partial charge in [0.05, 0.1) is 17.4 Å². The van der Waals surface area contributed by atoms with Gasteiger partial charge in [-0.2, -0.15) is 0 Å². The van der Waals surface area contributed by atoms with Crippen molar-refractivity contribution in [2.45, 2.75) is 32.2 Å². The molecule has 1 amide bonds. The van der Waals surface area contributed by atoms with Crippen LogP contribution in [-0.2, 0) is 0 Å². The van der Waals surface area contributed by atoms with E-state index >= 15 is 0 Å². The molecule has 0 saturated heterocycles. The lowest BCUT2D eigenvalue weighted by molar-refractivity contribution is 0.0902. The highest BCUT2D eigenvalue weighted by Crippen LogP contribution is 2.18. The van der Waals surface area contributed by atoms with Crippen molar-refractivity contribution in [2.24, 2.45) is 0 Å². The van der Waals surface area contributed by atoms with Crippen LogP contribution in [0.4, 0.5) is 0 Å². The fourth-order valence-electron chi connectivity index (χ4n) is 1.36. The predicted octanol–water partition coefficient (Wildman–Crippen LogP) is 2.81. The number of rotatable bonds is 5. The summed E-state index contributed by atoms with van der Waals surface area (Å²) in [7, 11) is 0. The van der Waals surface area contributed by atoms with Crippen molar-refractivity contribution >= 4 is 17.5 Å². The van der Waals surface area contributed by atoms with Gasteiger partial charge in [-0.15, -0.1) is 11.6 Å². The molecule has 4 heteroatoms. The molecule has 1 heterocycles. The molecule has 0 bridgehead atoms. The van der Waals surface area contributed by atoms with Gasteiger partial charge in [-0.05, 0) is 18.9 Å². The standard InChI is InChI=1S/C11H16ClNO2/c1-3-11(4-2,8-12)13-10(14)9-5-6-15-7-9/h5-7H,3-4,8H2,1-2H3,(H,13,14). The van der Waals surface area contributed by atoms with Crippen LogP contribution >= 0.6 is 11.6 Å². The van der Waals surface area contributed by atoms with Crippen LogP contribution in [0.5, 0.6) is 0 Å². The van der Waals surface area contributed by atoms with E-state index in [-0.39, 0.29) is 11.4 Å². The number of amides is 1. The summed E-state index contributed by atoms with van der Waals surface area (Å²) in [6, 6.07) is 1.64. The Labute approximate surface area is 94.8 Å². The van der Waals surface area contributed by atoms with Gasteiger partial charge in [0, 0.05) is 5.88 Å². The third kappa shape index (κ3) is 2.75. The number of hydrogen-bond donors (Lipinski definition) is 1. The number of furan rings is 1. The van der Waals surface area contributed by atoms with Gasteiger partial charge in [0.1, 0.15) is 6.26 Å². The van der Waals surface area contributed by atoms with Crippen LogP contribution in [-0.4, -0.2) is 17.3 Å². The van der Waals surface area contributed by atoms with Crippen molar-refractivity contribution in [3.63, 3.8) is 0 Å². The average Bonchev–Trinajstić information content (AvgIpc) is 2.79. The molecular weight excluding hydrogens is 214 g/mol. The number of carbonyl (C=O) groups excluding carboxylic acids is 1. The van der Waals surface area contributed by atoms with E-state index in [0.29, 0.717) is 11.4 Å². The minimum atomic E-state index is -0.310. The lowest BCUT2D eigenvalue weighted by Gasteiger charge is -2.30. The van der Waals surface area contributed by atoms with E-state index in [0.717, 1.165) is 12.8 Å². The quantitative estimate of drug-likeness (QED) is 0.789. The summed E-state index contributed by atoms with van der Waals surface area (Å²) >= 11 is 5.89. The second kappa shape index (κ2) is 5.21. The first-order valence-corrected chi connectivity index (χ1v) is 5.61. The fourth-order valence-corrected chi connectivity index (χ4v) is 1.80. The largest absolute Gasteiger partial charge is 0.472 e. The topological polar surface area (TPSA) is 42.2 Å². The van der Waals surface area contributed by atoms with E-state index in [1.807, 2.05) is 13.8 Å². The van der Waals surface area contributed by atoms with E-state index in [4.69, 9.17) is 16.0 Å². The van der Waals surface area contributed by atoms with E-state index in [2.05, 4.69) is 5.32 Å². The summed E-state index contributed by atoms with van der Waals surface area (Å²) < 4.78 is 4.86. The summed E-state index contributed by atoms with van der Waals surface area (Å²) in [6.07, 6.45) is 4.54. The van der Waals surface area contributed by atoms with Gasteiger partial charge in [0.2, 0.25) is 0 Å². The maximum atomic E-state index is 11.8. The van der Waals surface area contributed by atoms with Crippen LogP contribution in [0.2, 0.25) is 0 Å². The van der Waals surface area contributed by atoms with Gasteiger partial charge in [0.25, 0.3) is 5.91 Å². The van der Waals surface area contributed by atoms with E-state index in [9.17, 15) is 4.79 Å². The first kappa shape index (κ1) is 12.1. The Hall–Kier alpha value is -0.960. The van der Waals surface area contributed by atoms with Crippen molar-refractivity contribution in [3.05, 3.63) is 24.2 Å². The predicted molar refractivity (Wildman–Crippen MR) is 60.2 cm³/mol. The Morgan fingerprint density at radius 3 is 2.60 bits per heavy atom. The molecule has 0 aliphatic heterocycles. The Bertz CT molecular complexity index is 296. The number of halogens is 1. The number of nitrogens with one attached hydrogen (secondary N) is 1. The molecule has 15 heavy (non-hydrogen) atoms. The van der Waals surface area contributed by atoms with Gasteiger partial charge >= 0.3 is 0 Å². The fraction of sp³-hybridized carbons (Fsp3) is 0.545. The highest BCUT2D eigenvalue weighted by molar-refractivity contribution is 6.18. The number of carbonyl (C=O) groups is 1. The Kier molecular flexibility index (Phi) is 4.21. The Morgan fingerprint density at radius 1 is 1.53 bits per heavy atom. The van der Waals surface area contributed by atoms with Crippen LogP contribution < -0.4 is 5.32 Å². The number of alkyl halides is 1. The molecule has 0 aliphatic rings. The minimum absolute atomic E-state index is 0.131. The molecule has 0 fully saturated rings. The van der Waals surface area contributed by atoms with Gasteiger partial charge in [-0.1, -0.05) is 13.8 Å². The third-order valence-corrected chi connectivity index (χ3v) is 3.28. The summed E-state index contributed by atoms with van der Waals surface area (Å²) in [5.74, 6) is 0.289. The zero-order valence-corrected chi connectivity index (χ0v) is 9.80. The first-order chi connectivity index (χ1) is 7.17.